The molecule has 0 atom stereocenters. The van der Waals surface area contributed by atoms with Crippen LogP contribution in [0, 0.1) is 0 Å². The Hall–Kier alpha value is -1.74. The van der Waals surface area contributed by atoms with Gasteiger partial charge in [0.2, 0.25) is 0 Å². The number of carbonyl (C=O) groups is 1. The molecule has 9 heteroatoms. The number of hydrogen-bond donors (Lipinski definition) is 1. The van der Waals surface area contributed by atoms with Gasteiger partial charge >= 0.3 is 5.97 Å². The number of benzene rings is 2. The van der Waals surface area contributed by atoms with Crippen LogP contribution in [-0.4, -0.2) is 57.0 Å². The Morgan fingerprint density at radius 1 is 1.14 bits per heavy atom. The summed E-state index contributed by atoms with van der Waals surface area (Å²) in [5, 5.41) is 9.06. The van der Waals surface area contributed by atoms with E-state index in [9.17, 15) is 13.2 Å². The number of halogens is 1. The fourth-order valence-electron chi connectivity index (χ4n) is 2.23. The minimum absolute atomic E-state index is 0. The minimum atomic E-state index is -3.64. The molecule has 0 saturated carbocycles. The maximum Gasteiger partial charge on any atom is 0.335 e. The van der Waals surface area contributed by atoms with E-state index in [4.69, 9.17) is 9.84 Å². The van der Waals surface area contributed by atoms with E-state index in [0.29, 0.717) is 5.75 Å². The zero-order valence-electron chi connectivity index (χ0n) is 15.9. The highest BCUT2D eigenvalue weighted by Gasteiger charge is 2.18. The van der Waals surface area contributed by atoms with E-state index >= 15 is 0 Å². The number of carboxylic acid groups (broad SMARTS) is 1. The van der Waals surface area contributed by atoms with E-state index in [0.717, 1.165) is 35.9 Å². The molecule has 0 unspecified atom stereocenters. The Balaban J connectivity index is 0.00000392. The Kier molecular flexibility index (Phi) is 9.29. The molecule has 0 aliphatic carbocycles. The second-order valence-corrected chi connectivity index (χ2v) is 9.43. The molecule has 1 N–H and O–H groups in total. The standard InChI is InChI=1S/C19H23NO5S2.ClH/c1-20(2)10-11-26-13-14-4-7-16(8-5-14)25-17-9-6-15(19(21)22)12-18(17)27(3,23)24;/h4-9,12H,10-11,13H2,1-3H3,(H,21,22);1H. The van der Waals surface area contributed by atoms with Crippen LogP contribution in [0.1, 0.15) is 15.9 Å². The maximum atomic E-state index is 12.0. The van der Waals surface area contributed by atoms with Crippen LogP contribution in [-0.2, 0) is 15.6 Å². The van der Waals surface area contributed by atoms with E-state index in [2.05, 4.69) is 4.90 Å². The Bertz CT molecular complexity index is 899. The van der Waals surface area contributed by atoms with Crippen LogP contribution < -0.4 is 4.74 Å². The highest BCUT2D eigenvalue weighted by atomic mass is 35.5. The number of ether oxygens (including phenoxy) is 1. The maximum absolute atomic E-state index is 12.0. The van der Waals surface area contributed by atoms with Crippen molar-refractivity contribution >= 4 is 40.0 Å². The van der Waals surface area contributed by atoms with Crippen molar-refractivity contribution in [2.45, 2.75) is 10.6 Å². The molecular weight excluding hydrogens is 422 g/mol. The van der Waals surface area contributed by atoms with Crippen molar-refractivity contribution in [2.24, 2.45) is 0 Å². The second kappa shape index (κ2) is 10.7. The van der Waals surface area contributed by atoms with Crippen LogP contribution in [0.3, 0.4) is 0 Å². The van der Waals surface area contributed by atoms with Crippen LogP contribution in [0.25, 0.3) is 0 Å². The van der Waals surface area contributed by atoms with Gasteiger partial charge in [0.1, 0.15) is 16.4 Å². The van der Waals surface area contributed by atoms with E-state index in [1.807, 2.05) is 38.0 Å². The first-order chi connectivity index (χ1) is 12.7. The van der Waals surface area contributed by atoms with Crippen molar-refractivity contribution in [3.8, 4) is 11.5 Å². The predicted molar refractivity (Wildman–Crippen MR) is 115 cm³/mol. The van der Waals surface area contributed by atoms with E-state index in [1.165, 1.54) is 12.1 Å². The van der Waals surface area contributed by atoms with E-state index in [-0.39, 0.29) is 28.6 Å². The van der Waals surface area contributed by atoms with E-state index < -0.39 is 15.8 Å². The molecule has 0 bridgehead atoms. The van der Waals surface area contributed by atoms with Gasteiger partial charge in [0.15, 0.2) is 9.84 Å². The lowest BCUT2D eigenvalue weighted by Crippen LogP contribution is -2.14. The molecule has 154 valence electrons. The van der Waals surface area contributed by atoms with Crippen molar-refractivity contribution in [1.82, 2.24) is 4.90 Å². The van der Waals surface area contributed by atoms with Gasteiger partial charge < -0.3 is 14.7 Å². The molecule has 0 fully saturated rings. The van der Waals surface area contributed by atoms with Gasteiger partial charge in [-0.05, 0) is 50.0 Å². The van der Waals surface area contributed by atoms with Crippen LogP contribution in [0.15, 0.2) is 47.4 Å². The summed E-state index contributed by atoms with van der Waals surface area (Å²) in [5.74, 6) is 1.33. The monoisotopic (exact) mass is 445 g/mol. The number of rotatable bonds is 9. The van der Waals surface area contributed by atoms with Crippen LogP contribution in [0.4, 0.5) is 0 Å². The first-order valence-electron chi connectivity index (χ1n) is 8.23. The topological polar surface area (TPSA) is 83.9 Å². The smallest absolute Gasteiger partial charge is 0.335 e. The number of nitrogens with zero attached hydrogens (tertiary/aromatic N) is 1. The molecule has 2 aromatic rings. The average Bonchev–Trinajstić information content (AvgIpc) is 2.59. The fraction of sp³-hybridized carbons (Fsp3) is 0.316. The quantitative estimate of drug-likeness (QED) is 0.587. The van der Waals surface area contributed by atoms with E-state index in [1.54, 1.807) is 12.1 Å². The van der Waals surface area contributed by atoms with Gasteiger partial charge in [-0.3, -0.25) is 0 Å². The second-order valence-electron chi connectivity index (χ2n) is 6.34. The van der Waals surface area contributed by atoms with Crippen molar-refractivity contribution in [1.29, 1.82) is 0 Å². The number of thioether (sulfide) groups is 1. The number of sulfone groups is 1. The van der Waals surface area contributed by atoms with Gasteiger partial charge in [0.05, 0.1) is 5.56 Å². The molecule has 0 spiro atoms. The molecule has 2 aromatic carbocycles. The summed E-state index contributed by atoms with van der Waals surface area (Å²) in [6.07, 6.45) is 1.02. The van der Waals surface area contributed by atoms with Crippen molar-refractivity contribution in [2.75, 3.05) is 32.6 Å². The van der Waals surface area contributed by atoms with Gasteiger partial charge in [-0.25, -0.2) is 13.2 Å². The zero-order chi connectivity index (χ0) is 20.0. The van der Waals surface area contributed by atoms with Crippen molar-refractivity contribution < 1.29 is 23.1 Å². The van der Waals surface area contributed by atoms with Gasteiger partial charge in [0.25, 0.3) is 0 Å². The van der Waals surface area contributed by atoms with Crippen molar-refractivity contribution in [3.63, 3.8) is 0 Å². The highest BCUT2D eigenvalue weighted by molar-refractivity contribution is 7.98. The van der Waals surface area contributed by atoms with Gasteiger partial charge in [-0.1, -0.05) is 12.1 Å². The molecule has 2 rings (SSSR count). The molecule has 0 aromatic heterocycles. The lowest BCUT2D eigenvalue weighted by molar-refractivity contribution is 0.0696. The summed E-state index contributed by atoms with van der Waals surface area (Å²) in [5.41, 5.74) is 1.04. The summed E-state index contributed by atoms with van der Waals surface area (Å²) in [7, 11) is 0.449. The first-order valence-corrected chi connectivity index (χ1v) is 11.3. The molecule has 0 radical (unpaired) electrons. The summed E-state index contributed by atoms with van der Waals surface area (Å²) < 4.78 is 29.7. The molecule has 0 heterocycles. The highest BCUT2D eigenvalue weighted by Crippen LogP contribution is 2.30. The summed E-state index contributed by atoms with van der Waals surface area (Å²) in [6, 6.07) is 11.2. The third-order valence-corrected chi connectivity index (χ3v) is 5.82. The number of hydrogen-bond acceptors (Lipinski definition) is 6. The fourth-order valence-corrected chi connectivity index (χ4v) is 4.12. The Morgan fingerprint density at radius 2 is 1.79 bits per heavy atom. The number of carboxylic acids is 1. The molecular formula is C19H24ClNO5S2. The third-order valence-electron chi connectivity index (χ3n) is 3.69. The summed E-state index contributed by atoms with van der Waals surface area (Å²) in [4.78, 5) is 13.1. The third kappa shape index (κ3) is 7.35. The minimum Gasteiger partial charge on any atom is -0.478 e. The lowest BCUT2D eigenvalue weighted by Gasteiger charge is -2.12. The molecule has 0 saturated heterocycles. The van der Waals surface area contributed by atoms with Gasteiger partial charge in [-0.15, -0.1) is 12.4 Å². The van der Waals surface area contributed by atoms with Crippen LogP contribution in [0.5, 0.6) is 11.5 Å². The SMILES string of the molecule is CN(C)CCSCc1ccc(Oc2ccc(C(=O)O)cc2S(C)(=O)=O)cc1.Cl. The molecule has 6 nitrogen and oxygen atoms in total. The first kappa shape index (κ1) is 24.3. The molecule has 0 aliphatic rings. The summed E-state index contributed by atoms with van der Waals surface area (Å²) in [6.45, 7) is 1.02. The summed E-state index contributed by atoms with van der Waals surface area (Å²) >= 11 is 1.84. The largest absolute Gasteiger partial charge is 0.478 e. The molecule has 0 aliphatic heterocycles. The average molecular weight is 446 g/mol. The predicted octanol–water partition coefficient (Wildman–Crippen LogP) is 3.80. The zero-order valence-corrected chi connectivity index (χ0v) is 18.4. The molecule has 0 amide bonds. The normalized spacial score (nSPS) is 11.1. The van der Waals surface area contributed by atoms with Gasteiger partial charge in [0, 0.05) is 24.3 Å². The molecule has 28 heavy (non-hydrogen) atoms. The van der Waals surface area contributed by atoms with Crippen LogP contribution in [0.2, 0.25) is 0 Å². The van der Waals surface area contributed by atoms with Gasteiger partial charge in [-0.2, -0.15) is 11.8 Å². The van der Waals surface area contributed by atoms with Crippen molar-refractivity contribution in [3.05, 3.63) is 53.6 Å². The Labute approximate surface area is 176 Å². The Morgan fingerprint density at radius 3 is 2.32 bits per heavy atom. The number of aromatic carboxylic acids is 1. The lowest BCUT2D eigenvalue weighted by atomic mass is 10.2. The van der Waals surface area contributed by atoms with Crippen LogP contribution >= 0.6 is 24.2 Å².